The Morgan fingerprint density at radius 2 is 1.58 bits per heavy atom. The first-order valence-corrected chi connectivity index (χ1v) is 10.6. The topological polar surface area (TPSA) is 37.3 Å². The van der Waals surface area contributed by atoms with Crippen LogP contribution in [0.2, 0.25) is 0 Å². The predicted octanol–water partition coefficient (Wildman–Crippen LogP) is 5.80. The summed E-state index contributed by atoms with van der Waals surface area (Å²) in [6.45, 7) is 4.56. The van der Waals surface area contributed by atoms with Gasteiger partial charge >= 0.3 is 5.97 Å². The van der Waals surface area contributed by atoms with Gasteiger partial charge in [-0.05, 0) is 73.1 Å². The molecule has 0 bridgehead atoms. The monoisotopic (exact) mass is 380 g/mol. The largest absolute Gasteiger partial charge is 0.477 e. The number of allylic oxidation sites excluding steroid dienone is 4. The third-order valence-electron chi connectivity index (χ3n) is 6.25. The van der Waals surface area contributed by atoms with Crippen molar-refractivity contribution in [1.82, 2.24) is 0 Å². The van der Waals surface area contributed by atoms with Gasteiger partial charge in [-0.2, -0.15) is 0 Å². The van der Waals surface area contributed by atoms with E-state index in [9.17, 15) is 9.90 Å². The number of hydrogen-bond donors (Lipinski definition) is 1. The molecule has 5 rings (SSSR count). The van der Waals surface area contributed by atoms with Crippen molar-refractivity contribution in [2.45, 2.75) is 42.6 Å². The summed E-state index contributed by atoms with van der Waals surface area (Å²) in [4.78, 5) is 13.5. The zero-order chi connectivity index (χ0) is 18.1. The maximum atomic E-state index is 11.7. The minimum absolute atomic E-state index is 0.144. The maximum absolute atomic E-state index is 11.7. The van der Waals surface area contributed by atoms with Crippen LogP contribution in [0.5, 0.6) is 0 Å². The van der Waals surface area contributed by atoms with Gasteiger partial charge in [0.05, 0.1) is 14.4 Å². The van der Waals surface area contributed by atoms with Crippen LogP contribution in [0.25, 0.3) is 4.91 Å². The summed E-state index contributed by atoms with van der Waals surface area (Å²) < 4.78 is -0.383. The standard InChI is InChI=1S/C22H20O2S2/c1-21-16(11-18(25-21)13-7-4-3-5-8-13)14-9-6-10-15(14)17-12-19(20(23)24)26-22(17,21)2/h3-5,7-8,11-12H,6,9-10H2,1-2H3,(H,23,24). The number of carboxylic acid groups (broad SMARTS) is 1. The van der Waals surface area contributed by atoms with Crippen LogP contribution in [0.1, 0.15) is 38.7 Å². The smallest absolute Gasteiger partial charge is 0.342 e. The van der Waals surface area contributed by atoms with E-state index in [-0.39, 0.29) is 9.49 Å². The van der Waals surface area contributed by atoms with Crippen molar-refractivity contribution in [2.24, 2.45) is 0 Å². The molecule has 4 heteroatoms. The van der Waals surface area contributed by atoms with Gasteiger partial charge in [-0.25, -0.2) is 4.79 Å². The Labute approximate surface area is 162 Å². The van der Waals surface area contributed by atoms with E-state index in [2.05, 4.69) is 44.2 Å². The van der Waals surface area contributed by atoms with Crippen molar-refractivity contribution in [1.29, 1.82) is 0 Å². The Bertz CT molecular complexity index is 967. The molecule has 1 aromatic rings. The van der Waals surface area contributed by atoms with E-state index in [1.54, 1.807) is 11.8 Å². The summed E-state index contributed by atoms with van der Waals surface area (Å²) in [5.41, 5.74) is 6.82. The molecule has 2 atom stereocenters. The molecule has 2 unspecified atom stereocenters. The third kappa shape index (κ3) is 2.00. The molecule has 0 saturated heterocycles. The van der Waals surface area contributed by atoms with Gasteiger partial charge in [-0.15, -0.1) is 23.5 Å². The highest BCUT2D eigenvalue weighted by Crippen LogP contribution is 2.69. The van der Waals surface area contributed by atoms with E-state index in [0.29, 0.717) is 4.91 Å². The fourth-order valence-corrected chi connectivity index (χ4v) is 7.81. The van der Waals surface area contributed by atoms with Gasteiger partial charge in [0.15, 0.2) is 0 Å². The first-order chi connectivity index (χ1) is 12.4. The third-order valence-corrected chi connectivity index (χ3v) is 9.54. The summed E-state index contributed by atoms with van der Waals surface area (Å²) in [5.74, 6) is -0.803. The molecule has 132 valence electrons. The average molecular weight is 381 g/mol. The van der Waals surface area contributed by atoms with E-state index in [4.69, 9.17) is 0 Å². The molecule has 1 saturated carbocycles. The van der Waals surface area contributed by atoms with Gasteiger partial charge in [0.2, 0.25) is 0 Å². The van der Waals surface area contributed by atoms with Crippen LogP contribution in [-0.4, -0.2) is 20.6 Å². The van der Waals surface area contributed by atoms with E-state index >= 15 is 0 Å². The summed E-state index contributed by atoms with van der Waals surface area (Å²) in [5, 5.41) is 9.62. The molecule has 2 heterocycles. The van der Waals surface area contributed by atoms with Crippen LogP contribution in [0.3, 0.4) is 0 Å². The zero-order valence-electron chi connectivity index (χ0n) is 14.8. The Kier molecular flexibility index (Phi) is 3.45. The van der Waals surface area contributed by atoms with Crippen molar-refractivity contribution in [3.63, 3.8) is 0 Å². The minimum Gasteiger partial charge on any atom is -0.477 e. The number of carboxylic acids is 1. The highest BCUT2D eigenvalue weighted by atomic mass is 32.2. The number of benzene rings is 1. The van der Waals surface area contributed by atoms with Crippen molar-refractivity contribution >= 4 is 34.4 Å². The second-order valence-corrected chi connectivity index (χ2v) is 10.5. The maximum Gasteiger partial charge on any atom is 0.342 e. The molecule has 1 aromatic carbocycles. The molecule has 0 aromatic heterocycles. The molecular weight excluding hydrogens is 360 g/mol. The molecule has 2 aliphatic carbocycles. The molecule has 0 amide bonds. The van der Waals surface area contributed by atoms with Crippen LogP contribution < -0.4 is 0 Å². The lowest BCUT2D eigenvalue weighted by atomic mass is 9.72. The van der Waals surface area contributed by atoms with Gasteiger partial charge in [0.1, 0.15) is 0 Å². The van der Waals surface area contributed by atoms with Gasteiger partial charge in [-0.3, -0.25) is 0 Å². The zero-order valence-corrected chi connectivity index (χ0v) is 16.5. The quantitative estimate of drug-likeness (QED) is 0.704. The molecule has 1 fully saturated rings. The van der Waals surface area contributed by atoms with Crippen LogP contribution >= 0.6 is 23.5 Å². The molecule has 2 aliphatic heterocycles. The normalized spacial score (nSPS) is 32.2. The van der Waals surface area contributed by atoms with Crippen LogP contribution in [-0.2, 0) is 4.79 Å². The fraction of sp³-hybridized carbons (Fsp3) is 0.318. The molecule has 4 aliphatic rings. The summed E-state index contributed by atoms with van der Waals surface area (Å²) in [6.07, 6.45) is 7.69. The Morgan fingerprint density at radius 1 is 0.962 bits per heavy atom. The number of aliphatic carboxylic acids is 1. The number of hydrogen-bond acceptors (Lipinski definition) is 3. The first-order valence-electron chi connectivity index (χ1n) is 9.02. The number of fused-ring (bicyclic) bond motifs is 4. The lowest BCUT2D eigenvalue weighted by Gasteiger charge is -2.47. The molecule has 2 nitrogen and oxygen atoms in total. The lowest BCUT2D eigenvalue weighted by molar-refractivity contribution is -0.131. The number of thioether (sulfide) groups is 2. The van der Waals surface area contributed by atoms with Gasteiger partial charge in [0, 0.05) is 4.91 Å². The minimum atomic E-state index is -0.803. The second-order valence-electron chi connectivity index (χ2n) is 7.60. The molecule has 0 radical (unpaired) electrons. The summed E-state index contributed by atoms with van der Waals surface area (Å²) in [6, 6.07) is 10.5. The predicted molar refractivity (Wildman–Crippen MR) is 110 cm³/mol. The van der Waals surface area contributed by atoms with E-state index in [1.807, 2.05) is 23.9 Å². The lowest BCUT2D eigenvalue weighted by Crippen LogP contribution is -2.47. The summed E-state index contributed by atoms with van der Waals surface area (Å²) >= 11 is 3.45. The van der Waals surface area contributed by atoms with Crippen LogP contribution in [0.15, 0.2) is 69.7 Å². The van der Waals surface area contributed by atoms with Crippen LogP contribution in [0.4, 0.5) is 0 Å². The highest BCUT2D eigenvalue weighted by Gasteiger charge is 2.59. The molecule has 0 spiro atoms. The van der Waals surface area contributed by atoms with Gasteiger partial charge in [-0.1, -0.05) is 30.3 Å². The molecule has 1 N–H and O–H groups in total. The number of rotatable bonds is 2. The van der Waals surface area contributed by atoms with Crippen LogP contribution in [0, 0.1) is 0 Å². The highest BCUT2D eigenvalue weighted by molar-refractivity contribution is 8.12. The van der Waals surface area contributed by atoms with Crippen molar-refractivity contribution < 1.29 is 9.90 Å². The van der Waals surface area contributed by atoms with E-state index < -0.39 is 5.97 Å². The van der Waals surface area contributed by atoms with Gasteiger partial charge < -0.3 is 5.11 Å². The van der Waals surface area contributed by atoms with E-state index in [1.165, 1.54) is 39.2 Å². The van der Waals surface area contributed by atoms with Crippen molar-refractivity contribution in [3.8, 4) is 0 Å². The van der Waals surface area contributed by atoms with E-state index in [0.717, 1.165) is 12.8 Å². The molecule has 26 heavy (non-hydrogen) atoms. The van der Waals surface area contributed by atoms with Gasteiger partial charge in [0.25, 0.3) is 0 Å². The van der Waals surface area contributed by atoms with Crippen molar-refractivity contribution in [3.05, 3.63) is 75.2 Å². The SMILES string of the molecule is CC12SC(C(=O)O)=CC1=C1CCCC1=C1C=C(c3ccccc3)SC12C. The average Bonchev–Trinajstić information content (AvgIpc) is 3.31. The Balaban J connectivity index is 1.71. The Morgan fingerprint density at radius 3 is 2.23 bits per heavy atom. The summed E-state index contributed by atoms with van der Waals surface area (Å²) in [7, 11) is 0. The van der Waals surface area contributed by atoms with Crippen molar-refractivity contribution in [2.75, 3.05) is 0 Å². The number of carbonyl (C=O) groups is 1. The fourth-order valence-electron chi connectivity index (χ4n) is 4.79. The molecular formula is C22H20O2S2. The first kappa shape index (κ1) is 16.5. The second kappa shape index (κ2) is 5.43. The Hall–Kier alpha value is -1.65.